The first kappa shape index (κ1) is 12.3. The number of aromatic nitrogens is 2. The van der Waals surface area contributed by atoms with Crippen molar-refractivity contribution in [1.82, 2.24) is 9.97 Å². The molecule has 3 nitrogen and oxygen atoms in total. The van der Waals surface area contributed by atoms with Gasteiger partial charge in [-0.3, -0.25) is 4.79 Å². The Balaban J connectivity index is 2.59. The van der Waals surface area contributed by atoms with Gasteiger partial charge >= 0.3 is 0 Å². The van der Waals surface area contributed by atoms with Gasteiger partial charge in [-0.25, -0.2) is 9.97 Å². The van der Waals surface area contributed by atoms with E-state index in [9.17, 15) is 4.79 Å². The van der Waals surface area contributed by atoms with E-state index in [1.165, 1.54) is 12.4 Å². The molecular formula is C11H5Cl3N2O. The summed E-state index contributed by atoms with van der Waals surface area (Å²) < 4.78 is 0. The summed E-state index contributed by atoms with van der Waals surface area (Å²) in [5.74, 6) is 0.327. The van der Waals surface area contributed by atoms with E-state index in [0.29, 0.717) is 33.3 Å². The summed E-state index contributed by atoms with van der Waals surface area (Å²) in [6.07, 6.45) is 3.44. The molecule has 0 bridgehead atoms. The highest BCUT2D eigenvalue weighted by molar-refractivity contribution is 6.45. The average Bonchev–Trinajstić information content (AvgIpc) is 2.35. The van der Waals surface area contributed by atoms with Gasteiger partial charge in [0.1, 0.15) is 0 Å². The van der Waals surface area contributed by atoms with Crippen molar-refractivity contribution in [3.8, 4) is 11.4 Å². The summed E-state index contributed by atoms with van der Waals surface area (Å²) in [6.45, 7) is 0. The molecule has 6 heteroatoms. The number of hydrogen-bond acceptors (Lipinski definition) is 3. The van der Waals surface area contributed by atoms with Crippen LogP contribution in [0, 0.1) is 0 Å². The second kappa shape index (κ2) is 5.00. The number of hydrogen-bond donors (Lipinski definition) is 0. The number of nitrogens with zero attached hydrogens (tertiary/aromatic N) is 2. The SMILES string of the molecule is O=Cc1cnc(-c2c(Cl)ccc(Cl)c2Cl)nc1. The Morgan fingerprint density at radius 3 is 2.18 bits per heavy atom. The molecule has 0 spiro atoms. The van der Waals surface area contributed by atoms with Crippen LogP contribution in [0.4, 0.5) is 0 Å². The lowest BCUT2D eigenvalue weighted by molar-refractivity contribution is 0.112. The Morgan fingerprint density at radius 1 is 1.00 bits per heavy atom. The van der Waals surface area contributed by atoms with E-state index >= 15 is 0 Å². The van der Waals surface area contributed by atoms with Gasteiger partial charge in [0.2, 0.25) is 0 Å². The first-order chi connectivity index (χ1) is 8.13. The predicted molar refractivity (Wildman–Crippen MR) is 67.9 cm³/mol. The number of aldehydes is 1. The standard InChI is InChI=1S/C11H5Cl3N2O/c12-7-1-2-8(13)10(14)9(7)11-15-3-6(5-17)4-16-11/h1-5H. The van der Waals surface area contributed by atoms with Crippen LogP contribution in [0.5, 0.6) is 0 Å². The second-order valence-electron chi connectivity index (χ2n) is 3.18. The third-order valence-corrected chi connectivity index (χ3v) is 3.19. The fraction of sp³-hybridized carbons (Fsp3) is 0. The van der Waals surface area contributed by atoms with Crippen molar-refractivity contribution in [3.63, 3.8) is 0 Å². The molecule has 1 aromatic heterocycles. The quantitative estimate of drug-likeness (QED) is 0.621. The third kappa shape index (κ3) is 2.41. The molecule has 0 N–H and O–H groups in total. The Kier molecular flexibility index (Phi) is 3.62. The Hall–Kier alpha value is -1.16. The van der Waals surface area contributed by atoms with Crippen molar-refractivity contribution in [2.45, 2.75) is 0 Å². The molecule has 0 unspecified atom stereocenters. The van der Waals surface area contributed by atoms with Crippen LogP contribution in [0.25, 0.3) is 11.4 Å². The van der Waals surface area contributed by atoms with Crippen LogP contribution in [-0.2, 0) is 0 Å². The van der Waals surface area contributed by atoms with Crippen LogP contribution in [0.3, 0.4) is 0 Å². The lowest BCUT2D eigenvalue weighted by atomic mass is 10.2. The molecule has 86 valence electrons. The molecule has 2 rings (SSSR count). The molecule has 0 saturated heterocycles. The Labute approximate surface area is 112 Å². The van der Waals surface area contributed by atoms with Crippen molar-refractivity contribution in [3.05, 3.63) is 45.2 Å². The molecule has 0 fully saturated rings. The summed E-state index contributed by atoms with van der Waals surface area (Å²) in [4.78, 5) is 18.5. The molecule has 0 atom stereocenters. The lowest BCUT2D eigenvalue weighted by Gasteiger charge is -2.06. The van der Waals surface area contributed by atoms with Crippen LogP contribution in [0.2, 0.25) is 15.1 Å². The van der Waals surface area contributed by atoms with Gasteiger partial charge in [0.25, 0.3) is 0 Å². The van der Waals surface area contributed by atoms with E-state index in [4.69, 9.17) is 34.8 Å². The maximum Gasteiger partial charge on any atom is 0.162 e. The monoisotopic (exact) mass is 286 g/mol. The summed E-state index contributed by atoms with van der Waals surface area (Å²) in [7, 11) is 0. The van der Waals surface area contributed by atoms with E-state index in [-0.39, 0.29) is 5.02 Å². The van der Waals surface area contributed by atoms with E-state index in [0.717, 1.165) is 0 Å². The Morgan fingerprint density at radius 2 is 1.59 bits per heavy atom. The zero-order chi connectivity index (χ0) is 12.4. The van der Waals surface area contributed by atoms with Crippen LogP contribution < -0.4 is 0 Å². The van der Waals surface area contributed by atoms with Crippen molar-refractivity contribution in [2.75, 3.05) is 0 Å². The molecule has 0 radical (unpaired) electrons. The molecule has 1 heterocycles. The Bertz CT molecular complexity index is 570. The smallest absolute Gasteiger partial charge is 0.162 e. The van der Waals surface area contributed by atoms with Gasteiger partial charge in [-0.15, -0.1) is 0 Å². The zero-order valence-corrected chi connectivity index (χ0v) is 10.6. The van der Waals surface area contributed by atoms with Crippen molar-refractivity contribution in [2.24, 2.45) is 0 Å². The number of benzene rings is 1. The van der Waals surface area contributed by atoms with Crippen molar-refractivity contribution in [1.29, 1.82) is 0 Å². The summed E-state index contributed by atoms with van der Waals surface area (Å²) in [6, 6.07) is 3.21. The van der Waals surface area contributed by atoms with Crippen LogP contribution in [0.15, 0.2) is 24.5 Å². The average molecular weight is 288 g/mol. The van der Waals surface area contributed by atoms with Gasteiger partial charge < -0.3 is 0 Å². The van der Waals surface area contributed by atoms with Crippen molar-refractivity contribution >= 4 is 41.1 Å². The fourth-order valence-electron chi connectivity index (χ4n) is 1.26. The highest BCUT2D eigenvalue weighted by Crippen LogP contribution is 2.37. The van der Waals surface area contributed by atoms with E-state index < -0.39 is 0 Å². The summed E-state index contributed by atoms with van der Waals surface area (Å²) in [5, 5.41) is 1.06. The van der Waals surface area contributed by atoms with Gasteiger partial charge in [-0.05, 0) is 12.1 Å². The minimum Gasteiger partial charge on any atom is -0.298 e. The molecule has 0 saturated carbocycles. The number of carbonyl (C=O) groups excluding carboxylic acids is 1. The molecule has 0 aliphatic carbocycles. The topological polar surface area (TPSA) is 42.9 Å². The van der Waals surface area contributed by atoms with Crippen molar-refractivity contribution < 1.29 is 4.79 Å². The second-order valence-corrected chi connectivity index (χ2v) is 4.37. The van der Waals surface area contributed by atoms with E-state index in [2.05, 4.69) is 9.97 Å². The highest BCUT2D eigenvalue weighted by atomic mass is 35.5. The fourth-order valence-corrected chi connectivity index (χ4v) is 1.96. The highest BCUT2D eigenvalue weighted by Gasteiger charge is 2.14. The first-order valence-electron chi connectivity index (χ1n) is 4.54. The molecule has 1 aromatic carbocycles. The maximum atomic E-state index is 10.5. The molecule has 0 aliphatic rings. The molecule has 17 heavy (non-hydrogen) atoms. The van der Waals surface area contributed by atoms with Gasteiger partial charge in [0.05, 0.1) is 26.2 Å². The number of carbonyl (C=O) groups is 1. The molecular weight excluding hydrogens is 282 g/mol. The van der Waals surface area contributed by atoms with Crippen LogP contribution >= 0.6 is 34.8 Å². The third-order valence-electron chi connectivity index (χ3n) is 2.08. The maximum absolute atomic E-state index is 10.5. The van der Waals surface area contributed by atoms with Gasteiger partial charge in [0.15, 0.2) is 12.1 Å². The molecule has 0 aliphatic heterocycles. The van der Waals surface area contributed by atoms with E-state index in [1.54, 1.807) is 12.1 Å². The van der Waals surface area contributed by atoms with Crippen LogP contribution in [-0.4, -0.2) is 16.3 Å². The minimum absolute atomic E-state index is 0.290. The summed E-state index contributed by atoms with van der Waals surface area (Å²) >= 11 is 17.9. The van der Waals surface area contributed by atoms with Gasteiger partial charge in [-0.1, -0.05) is 34.8 Å². The molecule has 0 amide bonds. The van der Waals surface area contributed by atoms with Crippen LogP contribution in [0.1, 0.15) is 10.4 Å². The minimum atomic E-state index is 0.290. The first-order valence-corrected chi connectivity index (χ1v) is 5.68. The normalized spacial score (nSPS) is 10.3. The largest absolute Gasteiger partial charge is 0.298 e. The number of halogens is 3. The van der Waals surface area contributed by atoms with Gasteiger partial charge in [-0.2, -0.15) is 0 Å². The predicted octanol–water partition coefficient (Wildman–Crippen LogP) is 3.92. The van der Waals surface area contributed by atoms with E-state index in [1.807, 2.05) is 0 Å². The lowest BCUT2D eigenvalue weighted by Crippen LogP contribution is -1.93. The molecule has 2 aromatic rings. The van der Waals surface area contributed by atoms with Gasteiger partial charge in [0, 0.05) is 12.4 Å². The summed E-state index contributed by atoms with van der Waals surface area (Å²) in [5.41, 5.74) is 0.835. The number of rotatable bonds is 2. The zero-order valence-electron chi connectivity index (χ0n) is 8.32.